The van der Waals surface area contributed by atoms with Crippen LogP contribution in [0.3, 0.4) is 0 Å². The second-order valence-corrected chi connectivity index (χ2v) is 10.1. The molecule has 2 heteroatoms. The van der Waals surface area contributed by atoms with Crippen molar-refractivity contribution in [3.63, 3.8) is 0 Å². The Morgan fingerprint density at radius 1 is 0.667 bits per heavy atom. The van der Waals surface area contributed by atoms with E-state index in [9.17, 15) is 0 Å². The number of benzene rings is 2. The smallest absolute Gasteiger partial charge is 0.130 e. The van der Waals surface area contributed by atoms with Crippen molar-refractivity contribution >= 4 is 10.8 Å². The molecule has 0 aliphatic heterocycles. The third-order valence-corrected chi connectivity index (χ3v) is 7.33. The zero-order chi connectivity index (χ0) is 23.3. The van der Waals surface area contributed by atoms with Gasteiger partial charge < -0.3 is 9.47 Å². The van der Waals surface area contributed by atoms with Gasteiger partial charge in [0.05, 0.1) is 13.2 Å². The lowest BCUT2D eigenvalue weighted by atomic mass is 9.79. The quantitative estimate of drug-likeness (QED) is 0.236. The lowest BCUT2D eigenvalue weighted by Gasteiger charge is -2.30. The Morgan fingerprint density at radius 3 is 1.79 bits per heavy atom. The summed E-state index contributed by atoms with van der Waals surface area (Å²) in [6, 6.07) is 8.81. The standard InChI is InChI=1S/C31H48O2/c1-4-7-10-15-22-32-30-26-18-13-14-19-27(26)31(33-23-16-11-8-5-2)29-24-25(17-12-9-6-3)20-21-28(29)30/h13-14,18-19,25H,4-12,15-17,20-24H2,1-3H3. The molecular weight excluding hydrogens is 404 g/mol. The van der Waals surface area contributed by atoms with Crippen molar-refractivity contribution in [2.24, 2.45) is 5.92 Å². The maximum absolute atomic E-state index is 6.60. The van der Waals surface area contributed by atoms with Crippen LogP contribution in [-0.4, -0.2) is 13.2 Å². The Hall–Kier alpha value is -1.70. The van der Waals surface area contributed by atoms with Crippen molar-refractivity contribution in [1.82, 2.24) is 0 Å². The molecule has 0 bridgehead atoms. The number of hydrogen-bond donors (Lipinski definition) is 0. The van der Waals surface area contributed by atoms with E-state index in [0.29, 0.717) is 0 Å². The molecule has 0 fully saturated rings. The highest BCUT2D eigenvalue weighted by Gasteiger charge is 2.27. The van der Waals surface area contributed by atoms with Crippen LogP contribution in [0.15, 0.2) is 24.3 Å². The molecule has 1 atom stereocenters. The summed E-state index contributed by atoms with van der Waals surface area (Å²) in [5, 5.41) is 2.50. The van der Waals surface area contributed by atoms with Gasteiger partial charge in [-0.25, -0.2) is 0 Å². The zero-order valence-electron chi connectivity index (χ0n) is 21.7. The molecule has 3 rings (SSSR count). The fourth-order valence-corrected chi connectivity index (χ4v) is 5.36. The first-order valence-electron chi connectivity index (χ1n) is 14.1. The van der Waals surface area contributed by atoms with Crippen molar-refractivity contribution in [1.29, 1.82) is 0 Å². The van der Waals surface area contributed by atoms with Crippen molar-refractivity contribution in [3.05, 3.63) is 35.4 Å². The molecule has 33 heavy (non-hydrogen) atoms. The van der Waals surface area contributed by atoms with Crippen molar-refractivity contribution in [3.8, 4) is 11.5 Å². The molecular formula is C31H48O2. The first kappa shape index (κ1) is 25.9. The van der Waals surface area contributed by atoms with E-state index in [1.54, 1.807) is 0 Å². The fraction of sp³-hybridized carbons (Fsp3) is 0.677. The molecule has 2 nitrogen and oxygen atoms in total. The maximum Gasteiger partial charge on any atom is 0.130 e. The first-order chi connectivity index (χ1) is 16.3. The van der Waals surface area contributed by atoms with Crippen molar-refractivity contribution in [2.45, 2.75) is 117 Å². The van der Waals surface area contributed by atoms with Gasteiger partial charge in [0.2, 0.25) is 0 Å². The monoisotopic (exact) mass is 452 g/mol. The molecule has 0 radical (unpaired) electrons. The normalized spacial score (nSPS) is 15.5. The number of rotatable bonds is 16. The number of fused-ring (bicyclic) bond motifs is 2. The van der Waals surface area contributed by atoms with E-state index in [-0.39, 0.29) is 0 Å². The Labute approximate surface area is 203 Å². The predicted octanol–water partition coefficient (Wildman–Crippen LogP) is 9.44. The lowest BCUT2D eigenvalue weighted by molar-refractivity contribution is 0.289. The van der Waals surface area contributed by atoms with Crippen LogP contribution >= 0.6 is 0 Å². The Bertz CT molecular complexity index is 825. The summed E-state index contributed by atoms with van der Waals surface area (Å²) >= 11 is 0. The molecule has 1 aliphatic rings. The molecule has 0 heterocycles. The van der Waals surface area contributed by atoms with E-state index in [4.69, 9.17) is 9.47 Å². The van der Waals surface area contributed by atoms with E-state index in [1.807, 2.05) is 0 Å². The molecule has 0 saturated heterocycles. The second kappa shape index (κ2) is 14.5. The van der Waals surface area contributed by atoms with Gasteiger partial charge in [-0.15, -0.1) is 0 Å². The Kier molecular flexibility index (Phi) is 11.4. The molecule has 1 unspecified atom stereocenters. The zero-order valence-corrected chi connectivity index (χ0v) is 21.7. The largest absolute Gasteiger partial charge is 0.493 e. The van der Waals surface area contributed by atoms with E-state index in [1.165, 1.54) is 92.5 Å². The van der Waals surface area contributed by atoms with Crippen LogP contribution in [0.25, 0.3) is 10.8 Å². The Balaban J connectivity index is 1.88. The van der Waals surface area contributed by atoms with Crippen LogP contribution in [0, 0.1) is 5.92 Å². The molecule has 2 aromatic carbocycles. The number of unbranched alkanes of at least 4 members (excludes halogenated alkanes) is 8. The number of hydrogen-bond acceptors (Lipinski definition) is 2. The minimum Gasteiger partial charge on any atom is -0.493 e. The van der Waals surface area contributed by atoms with Crippen LogP contribution in [-0.2, 0) is 12.8 Å². The summed E-state index contributed by atoms with van der Waals surface area (Å²) in [5.41, 5.74) is 2.90. The van der Waals surface area contributed by atoms with E-state index in [2.05, 4.69) is 45.0 Å². The van der Waals surface area contributed by atoms with Gasteiger partial charge in [-0.05, 0) is 38.0 Å². The van der Waals surface area contributed by atoms with Crippen LogP contribution in [0.4, 0.5) is 0 Å². The highest BCUT2D eigenvalue weighted by Crippen LogP contribution is 2.46. The van der Waals surface area contributed by atoms with Crippen molar-refractivity contribution < 1.29 is 9.47 Å². The summed E-state index contributed by atoms with van der Waals surface area (Å²) < 4.78 is 13.2. The SMILES string of the molecule is CCCCCCOc1c2c(c(OCCCCCC)c3ccccc13)CC(CCCCC)CC2. The lowest BCUT2D eigenvalue weighted by Crippen LogP contribution is -2.18. The van der Waals surface area contributed by atoms with Gasteiger partial charge in [0.25, 0.3) is 0 Å². The van der Waals surface area contributed by atoms with Gasteiger partial charge in [-0.1, -0.05) is 109 Å². The molecule has 0 aromatic heterocycles. The second-order valence-electron chi connectivity index (χ2n) is 10.1. The van der Waals surface area contributed by atoms with Gasteiger partial charge in [-0.2, -0.15) is 0 Å². The maximum atomic E-state index is 6.60. The first-order valence-corrected chi connectivity index (χ1v) is 14.1. The van der Waals surface area contributed by atoms with Crippen LogP contribution in [0.1, 0.15) is 115 Å². The molecule has 0 amide bonds. The average Bonchev–Trinajstić information content (AvgIpc) is 2.84. The molecule has 0 N–H and O–H groups in total. The van der Waals surface area contributed by atoms with Crippen LogP contribution in [0.2, 0.25) is 0 Å². The molecule has 1 aliphatic carbocycles. The molecule has 184 valence electrons. The third kappa shape index (κ3) is 7.39. The average molecular weight is 453 g/mol. The van der Waals surface area contributed by atoms with Gasteiger partial charge in [0, 0.05) is 21.9 Å². The summed E-state index contributed by atoms with van der Waals surface area (Å²) in [6.07, 6.45) is 18.9. The topological polar surface area (TPSA) is 18.5 Å². The highest BCUT2D eigenvalue weighted by atomic mass is 16.5. The fourth-order valence-electron chi connectivity index (χ4n) is 5.36. The van der Waals surface area contributed by atoms with Gasteiger partial charge in [-0.3, -0.25) is 0 Å². The highest BCUT2D eigenvalue weighted by molar-refractivity contribution is 5.96. The van der Waals surface area contributed by atoms with E-state index in [0.717, 1.165) is 56.3 Å². The van der Waals surface area contributed by atoms with Gasteiger partial charge in [0.1, 0.15) is 11.5 Å². The minimum absolute atomic E-state index is 0.782. The Morgan fingerprint density at radius 2 is 1.21 bits per heavy atom. The summed E-state index contributed by atoms with van der Waals surface area (Å²) in [7, 11) is 0. The van der Waals surface area contributed by atoms with Gasteiger partial charge in [0.15, 0.2) is 0 Å². The van der Waals surface area contributed by atoms with Crippen molar-refractivity contribution in [2.75, 3.05) is 13.2 Å². The third-order valence-electron chi connectivity index (χ3n) is 7.33. The molecule has 0 saturated carbocycles. The van der Waals surface area contributed by atoms with Crippen LogP contribution in [0.5, 0.6) is 11.5 Å². The van der Waals surface area contributed by atoms with E-state index < -0.39 is 0 Å². The van der Waals surface area contributed by atoms with Crippen LogP contribution < -0.4 is 9.47 Å². The summed E-state index contributed by atoms with van der Waals surface area (Å²) in [6.45, 7) is 8.49. The summed E-state index contributed by atoms with van der Waals surface area (Å²) in [4.78, 5) is 0. The molecule has 0 spiro atoms. The predicted molar refractivity (Wildman–Crippen MR) is 143 cm³/mol. The number of ether oxygens (including phenoxy) is 2. The minimum atomic E-state index is 0.782. The van der Waals surface area contributed by atoms with Gasteiger partial charge >= 0.3 is 0 Å². The molecule has 2 aromatic rings. The van der Waals surface area contributed by atoms with E-state index >= 15 is 0 Å². The summed E-state index contributed by atoms with van der Waals surface area (Å²) in [5.74, 6) is 3.10.